The Bertz CT molecular complexity index is 389. The number of carbonyl (C=O) groups is 1. The van der Waals surface area contributed by atoms with Gasteiger partial charge < -0.3 is 10.8 Å². The summed E-state index contributed by atoms with van der Waals surface area (Å²) in [6.45, 7) is 0. The standard InChI is InChI=1S/C9H8BrNO2/c10-9-6(12)2-1-4-5(11)3-7(13)8(4)9/h1-2,5,12H,3,11H2/t5-/m1/s1. The van der Waals surface area contributed by atoms with Gasteiger partial charge in [-0.15, -0.1) is 0 Å². The highest BCUT2D eigenvalue weighted by Gasteiger charge is 2.29. The third-order valence-corrected chi connectivity index (χ3v) is 3.04. The van der Waals surface area contributed by atoms with Crippen molar-refractivity contribution >= 4 is 21.7 Å². The van der Waals surface area contributed by atoms with Crippen LogP contribution >= 0.6 is 15.9 Å². The highest BCUT2D eigenvalue weighted by molar-refractivity contribution is 9.10. The Balaban J connectivity index is 2.71. The molecule has 0 saturated heterocycles. The summed E-state index contributed by atoms with van der Waals surface area (Å²) in [6, 6.07) is 3.02. The molecule has 0 aromatic heterocycles. The fourth-order valence-electron chi connectivity index (χ4n) is 1.58. The van der Waals surface area contributed by atoms with Crippen LogP contribution in [-0.2, 0) is 0 Å². The average molecular weight is 242 g/mol. The van der Waals surface area contributed by atoms with Gasteiger partial charge in [0.25, 0.3) is 0 Å². The number of benzene rings is 1. The van der Waals surface area contributed by atoms with E-state index in [1.807, 2.05) is 0 Å². The van der Waals surface area contributed by atoms with Gasteiger partial charge in [0.05, 0.1) is 4.47 Å². The lowest BCUT2D eigenvalue weighted by Gasteiger charge is -2.05. The van der Waals surface area contributed by atoms with Gasteiger partial charge in [-0.3, -0.25) is 4.79 Å². The van der Waals surface area contributed by atoms with Crippen molar-refractivity contribution in [1.29, 1.82) is 0 Å². The summed E-state index contributed by atoms with van der Waals surface area (Å²) in [5, 5.41) is 9.35. The maximum atomic E-state index is 11.4. The number of carbonyl (C=O) groups excluding carboxylic acids is 1. The number of Topliss-reactive ketones (excluding diaryl/α,β-unsaturated/α-hetero) is 1. The van der Waals surface area contributed by atoms with Crippen molar-refractivity contribution in [2.45, 2.75) is 12.5 Å². The maximum Gasteiger partial charge on any atom is 0.166 e. The van der Waals surface area contributed by atoms with Crippen LogP contribution in [0.15, 0.2) is 16.6 Å². The Hall–Kier alpha value is -0.870. The zero-order valence-electron chi connectivity index (χ0n) is 6.75. The molecular formula is C9H8BrNO2. The monoisotopic (exact) mass is 241 g/mol. The lowest BCUT2D eigenvalue weighted by atomic mass is 10.1. The van der Waals surface area contributed by atoms with Crippen molar-refractivity contribution in [3.05, 3.63) is 27.7 Å². The van der Waals surface area contributed by atoms with Crippen LogP contribution in [0.4, 0.5) is 0 Å². The van der Waals surface area contributed by atoms with Crippen LogP contribution in [0.3, 0.4) is 0 Å². The van der Waals surface area contributed by atoms with E-state index in [1.54, 1.807) is 12.1 Å². The number of nitrogens with two attached hydrogens (primary N) is 1. The topological polar surface area (TPSA) is 63.3 Å². The number of aromatic hydroxyl groups is 1. The van der Waals surface area contributed by atoms with Gasteiger partial charge in [-0.1, -0.05) is 6.07 Å². The zero-order valence-corrected chi connectivity index (χ0v) is 8.34. The molecule has 1 aliphatic rings. The molecule has 0 spiro atoms. The average Bonchev–Trinajstić information content (AvgIpc) is 2.35. The van der Waals surface area contributed by atoms with E-state index < -0.39 is 0 Å². The van der Waals surface area contributed by atoms with Gasteiger partial charge in [-0.2, -0.15) is 0 Å². The summed E-state index contributed by atoms with van der Waals surface area (Å²) in [4.78, 5) is 11.4. The number of phenolic OH excluding ortho intramolecular Hbond substituents is 1. The van der Waals surface area contributed by atoms with Crippen LogP contribution in [0.25, 0.3) is 0 Å². The van der Waals surface area contributed by atoms with Gasteiger partial charge >= 0.3 is 0 Å². The van der Waals surface area contributed by atoms with Gasteiger partial charge in [0.2, 0.25) is 0 Å². The van der Waals surface area contributed by atoms with E-state index in [9.17, 15) is 9.90 Å². The lowest BCUT2D eigenvalue weighted by molar-refractivity contribution is 0.0988. The fourth-order valence-corrected chi connectivity index (χ4v) is 2.17. The number of phenols is 1. The SMILES string of the molecule is N[C@@H]1CC(=O)c2c1ccc(O)c2Br. The second kappa shape index (κ2) is 2.82. The number of ketones is 1. The summed E-state index contributed by atoms with van der Waals surface area (Å²) < 4.78 is 0.461. The first-order valence-electron chi connectivity index (χ1n) is 3.91. The molecule has 13 heavy (non-hydrogen) atoms. The zero-order chi connectivity index (χ0) is 9.59. The minimum atomic E-state index is -0.223. The number of rotatable bonds is 0. The predicted molar refractivity (Wildman–Crippen MR) is 51.7 cm³/mol. The molecule has 68 valence electrons. The first-order chi connectivity index (χ1) is 6.11. The van der Waals surface area contributed by atoms with Gasteiger partial charge in [0.15, 0.2) is 5.78 Å². The molecule has 0 heterocycles. The van der Waals surface area contributed by atoms with Gasteiger partial charge in [-0.05, 0) is 27.6 Å². The molecule has 0 fully saturated rings. The summed E-state index contributed by atoms with van der Waals surface area (Å²) >= 11 is 3.17. The Morgan fingerprint density at radius 1 is 1.54 bits per heavy atom. The molecule has 3 N–H and O–H groups in total. The molecule has 1 aromatic carbocycles. The number of fused-ring (bicyclic) bond motifs is 1. The molecule has 1 atom stereocenters. The van der Waals surface area contributed by atoms with Crippen molar-refractivity contribution < 1.29 is 9.90 Å². The van der Waals surface area contributed by atoms with Crippen LogP contribution < -0.4 is 5.73 Å². The number of hydrogen-bond donors (Lipinski definition) is 2. The highest BCUT2D eigenvalue weighted by Crippen LogP contribution is 2.38. The predicted octanol–water partition coefficient (Wildman–Crippen LogP) is 1.74. The third kappa shape index (κ3) is 1.17. The van der Waals surface area contributed by atoms with E-state index in [0.29, 0.717) is 16.5 Å². The van der Waals surface area contributed by atoms with Gasteiger partial charge in [0, 0.05) is 18.0 Å². The van der Waals surface area contributed by atoms with E-state index in [4.69, 9.17) is 5.73 Å². The smallest absolute Gasteiger partial charge is 0.166 e. The molecule has 0 aliphatic heterocycles. The second-order valence-electron chi connectivity index (χ2n) is 3.10. The van der Waals surface area contributed by atoms with Crippen LogP contribution in [0, 0.1) is 0 Å². The van der Waals surface area contributed by atoms with Crippen molar-refractivity contribution in [1.82, 2.24) is 0 Å². The molecule has 1 aliphatic carbocycles. The summed E-state index contributed by atoms with van der Waals surface area (Å²) in [5.41, 5.74) is 7.08. The Labute approximate surface area is 83.7 Å². The maximum absolute atomic E-state index is 11.4. The molecule has 0 radical (unpaired) electrons. The van der Waals surface area contributed by atoms with Crippen molar-refractivity contribution in [3.8, 4) is 5.75 Å². The first kappa shape index (κ1) is 8.72. The minimum Gasteiger partial charge on any atom is -0.507 e. The van der Waals surface area contributed by atoms with E-state index in [0.717, 1.165) is 5.56 Å². The molecule has 0 bridgehead atoms. The number of hydrogen-bond acceptors (Lipinski definition) is 3. The first-order valence-corrected chi connectivity index (χ1v) is 4.70. The van der Waals surface area contributed by atoms with Crippen molar-refractivity contribution in [2.75, 3.05) is 0 Å². The summed E-state index contributed by atoms with van der Waals surface area (Å²) in [7, 11) is 0. The molecule has 4 heteroatoms. The quantitative estimate of drug-likeness (QED) is 0.728. The Kier molecular flexibility index (Phi) is 1.89. The highest BCUT2D eigenvalue weighted by atomic mass is 79.9. The lowest BCUT2D eigenvalue weighted by Crippen LogP contribution is -2.05. The van der Waals surface area contributed by atoms with Crippen LogP contribution in [0.5, 0.6) is 5.75 Å². The number of halogens is 1. The van der Waals surface area contributed by atoms with Crippen LogP contribution in [-0.4, -0.2) is 10.9 Å². The third-order valence-electron chi connectivity index (χ3n) is 2.24. The molecular weight excluding hydrogens is 234 g/mol. The van der Waals surface area contributed by atoms with Crippen LogP contribution in [0.1, 0.15) is 28.4 Å². The van der Waals surface area contributed by atoms with Crippen molar-refractivity contribution in [2.24, 2.45) is 5.73 Å². The molecule has 2 rings (SSSR count). The van der Waals surface area contributed by atoms with Gasteiger partial charge in [-0.25, -0.2) is 0 Å². The molecule has 3 nitrogen and oxygen atoms in total. The Morgan fingerprint density at radius 3 is 2.92 bits per heavy atom. The molecule has 0 unspecified atom stereocenters. The molecule has 0 amide bonds. The fraction of sp³-hybridized carbons (Fsp3) is 0.222. The van der Waals surface area contributed by atoms with Crippen LogP contribution in [0.2, 0.25) is 0 Å². The minimum absolute atomic E-state index is 0.00900. The van der Waals surface area contributed by atoms with E-state index in [-0.39, 0.29) is 17.6 Å². The molecule has 0 saturated carbocycles. The van der Waals surface area contributed by atoms with Crippen molar-refractivity contribution in [3.63, 3.8) is 0 Å². The Morgan fingerprint density at radius 2 is 2.23 bits per heavy atom. The summed E-state index contributed by atoms with van der Waals surface area (Å²) in [6.07, 6.45) is 0.331. The molecule has 1 aromatic rings. The van der Waals surface area contributed by atoms with E-state index >= 15 is 0 Å². The second-order valence-corrected chi connectivity index (χ2v) is 3.89. The van der Waals surface area contributed by atoms with Gasteiger partial charge in [0.1, 0.15) is 5.75 Å². The largest absolute Gasteiger partial charge is 0.507 e. The summed E-state index contributed by atoms with van der Waals surface area (Å²) in [5.74, 6) is 0.0754. The normalized spacial score (nSPS) is 20.5. The van der Waals surface area contributed by atoms with E-state index in [1.165, 1.54) is 0 Å². The van der Waals surface area contributed by atoms with E-state index in [2.05, 4.69) is 15.9 Å².